The normalized spacial score (nSPS) is 16.2. The molecule has 0 saturated heterocycles. The molecular formula is C12H15N3S. The van der Waals surface area contributed by atoms with Gasteiger partial charge < -0.3 is 0 Å². The first-order valence-corrected chi connectivity index (χ1v) is 6.55. The lowest BCUT2D eigenvalue weighted by atomic mass is 10.1. The quantitative estimate of drug-likeness (QED) is 0.880. The van der Waals surface area contributed by atoms with Crippen LogP contribution in [0.2, 0.25) is 0 Å². The molecule has 0 atom stereocenters. The first kappa shape index (κ1) is 10.1. The molecule has 3 heterocycles. The van der Waals surface area contributed by atoms with Crippen molar-refractivity contribution in [1.29, 1.82) is 0 Å². The molecule has 1 aliphatic rings. The highest BCUT2D eigenvalue weighted by Crippen LogP contribution is 2.17. The SMILES string of the molecule is c1csc(CCN2CCc3[nH]ncc3C2)c1. The molecule has 0 saturated carbocycles. The van der Waals surface area contributed by atoms with Gasteiger partial charge in [-0.1, -0.05) is 6.07 Å². The zero-order valence-electron chi connectivity index (χ0n) is 9.15. The van der Waals surface area contributed by atoms with Crippen LogP contribution in [0.4, 0.5) is 0 Å². The molecule has 0 amide bonds. The number of H-pyrrole nitrogens is 1. The van der Waals surface area contributed by atoms with Gasteiger partial charge in [-0.2, -0.15) is 5.10 Å². The fourth-order valence-corrected chi connectivity index (χ4v) is 2.89. The summed E-state index contributed by atoms with van der Waals surface area (Å²) in [7, 11) is 0. The van der Waals surface area contributed by atoms with Gasteiger partial charge in [-0.15, -0.1) is 11.3 Å². The lowest BCUT2D eigenvalue weighted by Gasteiger charge is -2.25. The fraction of sp³-hybridized carbons (Fsp3) is 0.417. The smallest absolute Gasteiger partial charge is 0.0535 e. The van der Waals surface area contributed by atoms with Crippen molar-refractivity contribution in [3.8, 4) is 0 Å². The molecule has 1 aliphatic heterocycles. The maximum Gasteiger partial charge on any atom is 0.0535 e. The van der Waals surface area contributed by atoms with E-state index in [2.05, 4.69) is 32.6 Å². The molecule has 0 aromatic carbocycles. The van der Waals surface area contributed by atoms with E-state index in [0.29, 0.717) is 0 Å². The molecule has 16 heavy (non-hydrogen) atoms. The van der Waals surface area contributed by atoms with Crippen LogP contribution >= 0.6 is 11.3 Å². The van der Waals surface area contributed by atoms with Crippen LogP contribution in [0.5, 0.6) is 0 Å². The third kappa shape index (κ3) is 2.03. The minimum absolute atomic E-state index is 1.05. The number of hydrogen-bond acceptors (Lipinski definition) is 3. The van der Waals surface area contributed by atoms with Crippen LogP contribution in [0, 0.1) is 0 Å². The first-order chi connectivity index (χ1) is 7.92. The molecular weight excluding hydrogens is 218 g/mol. The molecule has 0 bridgehead atoms. The van der Waals surface area contributed by atoms with Gasteiger partial charge in [0, 0.05) is 42.2 Å². The number of nitrogens with zero attached hydrogens (tertiary/aromatic N) is 2. The van der Waals surface area contributed by atoms with Crippen LogP contribution in [0.1, 0.15) is 16.1 Å². The van der Waals surface area contributed by atoms with Crippen LogP contribution in [0.3, 0.4) is 0 Å². The molecule has 0 fully saturated rings. The van der Waals surface area contributed by atoms with Gasteiger partial charge in [0.2, 0.25) is 0 Å². The van der Waals surface area contributed by atoms with Crippen molar-refractivity contribution in [1.82, 2.24) is 15.1 Å². The molecule has 1 N–H and O–H groups in total. The summed E-state index contributed by atoms with van der Waals surface area (Å²) in [5.74, 6) is 0. The topological polar surface area (TPSA) is 31.9 Å². The van der Waals surface area contributed by atoms with E-state index in [9.17, 15) is 0 Å². The molecule has 84 valence electrons. The summed E-state index contributed by atoms with van der Waals surface area (Å²) in [4.78, 5) is 4.00. The second-order valence-corrected chi connectivity index (χ2v) is 5.26. The van der Waals surface area contributed by atoms with E-state index in [1.807, 2.05) is 17.5 Å². The van der Waals surface area contributed by atoms with Gasteiger partial charge in [-0.3, -0.25) is 10.00 Å². The van der Waals surface area contributed by atoms with E-state index in [-0.39, 0.29) is 0 Å². The summed E-state index contributed by atoms with van der Waals surface area (Å²) >= 11 is 1.85. The summed E-state index contributed by atoms with van der Waals surface area (Å²) in [6, 6.07) is 4.35. The zero-order chi connectivity index (χ0) is 10.8. The molecule has 0 aliphatic carbocycles. The van der Waals surface area contributed by atoms with Crippen molar-refractivity contribution in [2.75, 3.05) is 13.1 Å². The van der Waals surface area contributed by atoms with Gasteiger partial charge in [0.25, 0.3) is 0 Å². The van der Waals surface area contributed by atoms with Crippen molar-refractivity contribution in [3.63, 3.8) is 0 Å². The molecule has 3 nitrogen and oxygen atoms in total. The zero-order valence-corrected chi connectivity index (χ0v) is 9.96. The molecule has 2 aromatic heterocycles. The Morgan fingerprint density at radius 1 is 1.50 bits per heavy atom. The summed E-state index contributed by atoms with van der Waals surface area (Å²) in [6.07, 6.45) is 4.25. The van der Waals surface area contributed by atoms with Crippen LogP contribution in [0.15, 0.2) is 23.7 Å². The van der Waals surface area contributed by atoms with Gasteiger partial charge in [-0.05, 0) is 17.9 Å². The average molecular weight is 233 g/mol. The monoisotopic (exact) mass is 233 g/mol. The Bertz CT molecular complexity index is 447. The van der Waals surface area contributed by atoms with Gasteiger partial charge in [0.15, 0.2) is 0 Å². The second kappa shape index (κ2) is 4.39. The van der Waals surface area contributed by atoms with Crippen molar-refractivity contribution in [2.24, 2.45) is 0 Å². The Hall–Kier alpha value is -1.13. The largest absolute Gasteiger partial charge is 0.298 e. The van der Waals surface area contributed by atoms with E-state index in [0.717, 1.165) is 26.1 Å². The maximum atomic E-state index is 4.10. The molecule has 4 heteroatoms. The Balaban J connectivity index is 1.58. The Morgan fingerprint density at radius 3 is 3.38 bits per heavy atom. The number of aromatic nitrogens is 2. The number of fused-ring (bicyclic) bond motifs is 1. The van der Waals surface area contributed by atoms with Crippen molar-refractivity contribution < 1.29 is 0 Å². The highest BCUT2D eigenvalue weighted by atomic mass is 32.1. The van der Waals surface area contributed by atoms with Gasteiger partial charge in [0.1, 0.15) is 0 Å². The summed E-state index contributed by atoms with van der Waals surface area (Å²) in [5, 5.41) is 9.32. The molecule has 2 aromatic rings. The predicted molar refractivity (Wildman–Crippen MR) is 65.6 cm³/mol. The third-order valence-corrected chi connectivity index (χ3v) is 4.07. The van der Waals surface area contributed by atoms with E-state index in [4.69, 9.17) is 0 Å². The van der Waals surface area contributed by atoms with Gasteiger partial charge >= 0.3 is 0 Å². The number of nitrogens with one attached hydrogen (secondary N) is 1. The van der Waals surface area contributed by atoms with Crippen molar-refractivity contribution >= 4 is 11.3 Å². The molecule has 0 radical (unpaired) electrons. The van der Waals surface area contributed by atoms with E-state index < -0.39 is 0 Å². The number of rotatable bonds is 3. The van der Waals surface area contributed by atoms with E-state index in [1.54, 1.807) is 0 Å². The molecule has 0 unspecified atom stereocenters. The molecule has 3 rings (SSSR count). The first-order valence-electron chi connectivity index (χ1n) is 5.67. The van der Waals surface area contributed by atoms with Crippen LogP contribution < -0.4 is 0 Å². The Labute approximate surface area is 99.1 Å². The van der Waals surface area contributed by atoms with Crippen LogP contribution in [-0.2, 0) is 19.4 Å². The van der Waals surface area contributed by atoms with Crippen molar-refractivity contribution in [2.45, 2.75) is 19.4 Å². The Kier molecular flexibility index (Phi) is 2.76. The summed E-state index contributed by atoms with van der Waals surface area (Å²) < 4.78 is 0. The summed E-state index contributed by atoms with van der Waals surface area (Å²) in [6.45, 7) is 3.36. The fourth-order valence-electron chi connectivity index (χ4n) is 2.19. The van der Waals surface area contributed by atoms with Gasteiger partial charge in [-0.25, -0.2) is 0 Å². The van der Waals surface area contributed by atoms with E-state index in [1.165, 1.54) is 22.6 Å². The number of aromatic amines is 1. The second-order valence-electron chi connectivity index (χ2n) is 4.23. The highest BCUT2D eigenvalue weighted by Gasteiger charge is 2.17. The van der Waals surface area contributed by atoms with Crippen LogP contribution in [-0.4, -0.2) is 28.2 Å². The van der Waals surface area contributed by atoms with Crippen LogP contribution in [0.25, 0.3) is 0 Å². The molecule has 0 spiro atoms. The minimum atomic E-state index is 1.05. The lowest BCUT2D eigenvalue weighted by Crippen LogP contribution is -2.31. The van der Waals surface area contributed by atoms with E-state index >= 15 is 0 Å². The third-order valence-electron chi connectivity index (χ3n) is 3.13. The Morgan fingerprint density at radius 2 is 2.50 bits per heavy atom. The van der Waals surface area contributed by atoms with Gasteiger partial charge in [0.05, 0.1) is 6.20 Å². The average Bonchev–Trinajstić information content (AvgIpc) is 2.97. The maximum absolute atomic E-state index is 4.10. The lowest BCUT2D eigenvalue weighted by molar-refractivity contribution is 0.257. The summed E-state index contributed by atoms with van der Waals surface area (Å²) in [5.41, 5.74) is 2.70. The predicted octanol–water partition coefficient (Wildman–Crippen LogP) is 2.07. The highest BCUT2D eigenvalue weighted by molar-refractivity contribution is 7.09. The van der Waals surface area contributed by atoms with Crippen molar-refractivity contribution in [3.05, 3.63) is 39.8 Å². The standard InChI is InChI=1S/C12H15N3S/c1-2-11(16-7-1)3-5-15-6-4-12-10(9-15)8-13-14-12/h1-2,7-8H,3-6,9H2,(H,13,14). The minimum Gasteiger partial charge on any atom is -0.298 e. The number of thiophene rings is 1. The number of hydrogen-bond donors (Lipinski definition) is 1.